The zero-order chi connectivity index (χ0) is 25.9. The number of Topliss-reactive ketones (excluding diaryl/α,β-unsaturated/α-hetero) is 1. The first-order valence-corrected chi connectivity index (χ1v) is 12.1. The van der Waals surface area contributed by atoms with E-state index in [1.54, 1.807) is 6.07 Å². The Morgan fingerprint density at radius 1 is 1.17 bits per heavy atom. The van der Waals surface area contributed by atoms with Crippen LogP contribution in [0.3, 0.4) is 0 Å². The summed E-state index contributed by atoms with van der Waals surface area (Å²) in [6.45, 7) is 4.12. The second kappa shape index (κ2) is 10.6. The maximum absolute atomic E-state index is 13.1. The number of aromatic nitrogens is 1. The summed E-state index contributed by atoms with van der Waals surface area (Å²) in [4.78, 5) is 21.0. The Hall–Kier alpha value is -3.55. The summed E-state index contributed by atoms with van der Waals surface area (Å²) in [7, 11) is 0. The molecule has 1 aliphatic rings. The Kier molecular flexibility index (Phi) is 7.52. The van der Waals surface area contributed by atoms with Crippen LogP contribution in [0.1, 0.15) is 55.3 Å². The lowest BCUT2D eigenvalue weighted by Gasteiger charge is -2.26. The van der Waals surface area contributed by atoms with E-state index in [2.05, 4.69) is 9.72 Å². The number of ketones is 1. The molecule has 1 fully saturated rings. The number of ether oxygens (including phenoxy) is 1. The molecule has 3 aromatic rings. The lowest BCUT2D eigenvalue weighted by Crippen LogP contribution is -2.27. The number of alkyl halides is 3. The standard InChI is InChI=1S/C28H29F3N2O3/c1-3-7-25(34)27-24(14-19(15-26(27)35)18-8-5-4-6-9-18)32-13-12-21-17(2)33-23-11-10-20(16-22(21)23)36-28(29,30)31/h4-6,8-11,16,19,33-34H,3,7,12-15H2,1-2H3/t19-/m1/s1. The molecule has 1 heterocycles. The van der Waals surface area contributed by atoms with E-state index < -0.39 is 6.36 Å². The van der Waals surface area contributed by atoms with Gasteiger partial charge in [-0.1, -0.05) is 37.3 Å². The molecule has 2 aromatic carbocycles. The summed E-state index contributed by atoms with van der Waals surface area (Å²) < 4.78 is 42.2. The molecule has 5 nitrogen and oxygen atoms in total. The summed E-state index contributed by atoms with van der Waals surface area (Å²) in [5, 5.41) is 11.3. The number of fused-ring (bicyclic) bond motifs is 1. The van der Waals surface area contributed by atoms with Crippen molar-refractivity contribution in [3.05, 3.63) is 76.7 Å². The molecule has 0 unspecified atom stereocenters. The second-order valence-electron chi connectivity index (χ2n) is 9.07. The van der Waals surface area contributed by atoms with Gasteiger partial charge in [0, 0.05) is 41.7 Å². The molecule has 1 aromatic heterocycles. The van der Waals surface area contributed by atoms with Crippen LogP contribution in [0, 0.1) is 6.92 Å². The zero-order valence-corrected chi connectivity index (χ0v) is 20.3. The van der Waals surface area contributed by atoms with Gasteiger partial charge in [-0.2, -0.15) is 0 Å². The highest BCUT2D eigenvalue weighted by molar-refractivity contribution is 6.24. The summed E-state index contributed by atoms with van der Waals surface area (Å²) in [6.07, 6.45) is -2.35. The van der Waals surface area contributed by atoms with Crippen molar-refractivity contribution in [1.82, 2.24) is 4.98 Å². The quantitative estimate of drug-likeness (QED) is 0.269. The number of carbonyl (C=O) groups excluding carboxylic acids is 1. The van der Waals surface area contributed by atoms with Crippen LogP contribution in [-0.4, -0.2) is 34.5 Å². The molecule has 4 rings (SSSR count). The van der Waals surface area contributed by atoms with Crippen molar-refractivity contribution in [1.29, 1.82) is 0 Å². The van der Waals surface area contributed by atoms with Crippen LogP contribution in [0.25, 0.3) is 10.9 Å². The number of hydrogen-bond acceptors (Lipinski definition) is 4. The van der Waals surface area contributed by atoms with Gasteiger partial charge in [-0.05, 0) is 61.4 Å². The van der Waals surface area contributed by atoms with Gasteiger partial charge in [0.1, 0.15) is 11.5 Å². The summed E-state index contributed by atoms with van der Waals surface area (Å²) >= 11 is 0. The number of H-pyrrole nitrogens is 1. The van der Waals surface area contributed by atoms with Crippen LogP contribution in [-0.2, 0) is 11.2 Å². The molecule has 1 atom stereocenters. The van der Waals surface area contributed by atoms with E-state index in [-0.39, 0.29) is 23.2 Å². The van der Waals surface area contributed by atoms with Crippen molar-refractivity contribution in [3.8, 4) is 5.75 Å². The molecule has 1 aliphatic carbocycles. The van der Waals surface area contributed by atoms with Crippen LogP contribution >= 0.6 is 0 Å². The molecule has 0 radical (unpaired) electrons. The largest absolute Gasteiger partial charge is 0.573 e. The topological polar surface area (TPSA) is 74.7 Å². The fraction of sp³-hybridized carbons (Fsp3) is 0.357. The summed E-state index contributed by atoms with van der Waals surface area (Å²) in [5.41, 5.74) is 4.35. The van der Waals surface area contributed by atoms with Gasteiger partial charge in [-0.15, -0.1) is 13.2 Å². The van der Waals surface area contributed by atoms with Crippen molar-refractivity contribution in [2.24, 2.45) is 4.99 Å². The third kappa shape index (κ3) is 5.80. The number of aliphatic hydroxyl groups excluding tert-OH is 1. The Morgan fingerprint density at radius 3 is 2.61 bits per heavy atom. The number of nitrogens with zero attached hydrogens (tertiary/aromatic N) is 1. The molecule has 0 spiro atoms. The summed E-state index contributed by atoms with van der Waals surface area (Å²) in [5.74, 6) is -0.339. The minimum absolute atomic E-state index is 0.0208. The second-order valence-corrected chi connectivity index (χ2v) is 9.07. The molecule has 2 N–H and O–H groups in total. The van der Waals surface area contributed by atoms with E-state index in [0.29, 0.717) is 60.8 Å². The van der Waals surface area contributed by atoms with Crippen LogP contribution in [0.2, 0.25) is 0 Å². The number of hydrogen-bond donors (Lipinski definition) is 2. The number of carbonyl (C=O) groups is 1. The molecule has 0 amide bonds. The van der Waals surface area contributed by atoms with E-state index in [1.807, 2.05) is 44.2 Å². The molecular formula is C28H29F3N2O3. The Labute approximate surface area is 207 Å². The fourth-order valence-electron chi connectivity index (χ4n) is 4.87. The normalized spacial score (nSPS) is 19.2. The predicted octanol–water partition coefficient (Wildman–Crippen LogP) is 7.12. The third-order valence-electron chi connectivity index (χ3n) is 6.47. The highest BCUT2D eigenvalue weighted by Gasteiger charge is 2.32. The first kappa shape index (κ1) is 25.5. The molecule has 8 heteroatoms. The van der Waals surface area contributed by atoms with Crippen molar-refractivity contribution in [3.63, 3.8) is 0 Å². The van der Waals surface area contributed by atoms with Gasteiger partial charge in [-0.3, -0.25) is 9.79 Å². The van der Waals surface area contributed by atoms with Crippen LogP contribution < -0.4 is 4.74 Å². The zero-order valence-electron chi connectivity index (χ0n) is 20.3. The van der Waals surface area contributed by atoms with Crippen molar-refractivity contribution in [2.75, 3.05) is 6.54 Å². The number of allylic oxidation sites excluding steroid dienone is 2. The van der Waals surface area contributed by atoms with E-state index in [0.717, 1.165) is 16.8 Å². The Morgan fingerprint density at radius 2 is 1.92 bits per heavy atom. The lowest BCUT2D eigenvalue weighted by molar-refractivity contribution is -0.274. The van der Waals surface area contributed by atoms with Crippen LogP contribution in [0.5, 0.6) is 5.75 Å². The van der Waals surface area contributed by atoms with E-state index in [4.69, 9.17) is 4.99 Å². The van der Waals surface area contributed by atoms with Crippen LogP contribution in [0.4, 0.5) is 13.2 Å². The summed E-state index contributed by atoms with van der Waals surface area (Å²) in [6, 6.07) is 14.0. The van der Waals surface area contributed by atoms with E-state index in [9.17, 15) is 23.1 Å². The van der Waals surface area contributed by atoms with E-state index in [1.165, 1.54) is 12.1 Å². The Bertz CT molecular complexity index is 1310. The fourth-order valence-corrected chi connectivity index (χ4v) is 4.87. The number of aliphatic hydroxyl groups is 1. The molecule has 0 bridgehead atoms. The van der Waals surface area contributed by atoms with Gasteiger partial charge >= 0.3 is 6.36 Å². The number of aromatic amines is 1. The average Bonchev–Trinajstić information content (AvgIpc) is 3.13. The molecule has 36 heavy (non-hydrogen) atoms. The maximum atomic E-state index is 13.1. The lowest BCUT2D eigenvalue weighted by atomic mass is 9.78. The Balaban J connectivity index is 1.62. The molecular weight excluding hydrogens is 469 g/mol. The van der Waals surface area contributed by atoms with Crippen molar-refractivity contribution in [2.45, 2.75) is 58.2 Å². The number of benzene rings is 2. The van der Waals surface area contributed by atoms with Gasteiger partial charge < -0.3 is 14.8 Å². The average molecular weight is 499 g/mol. The number of halogens is 3. The van der Waals surface area contributed by atoms with Gasteiger partial charge in [0.05, 0.1) is 5.57 Å². The first-order valence-electron chi connectivity index (χ1n) is 12.1. The smallest absolute Gasteiger partial charge is 0.511 e. The highest BCUT2D eigenvalue weighted by Crippen LogP contribution is 2.34. The van der Waals surface area contributed by atoms with Gasteiger partial charge in [0.2, 0.25) is 0 Å². The third-order valence-corrected chi connectivity index (χ3v) is 6.47. The first-order chi connectivity index (χ1) is 17.2. The van der Waals surface area contributed by atoms with E-state index >= 15 is 0 Å². The van der Waals surface area contributed by atoms with Gasteiger partial charge in [-0.25, -0.2) is 0 Å². The molecule has 0 aliphatic heterocycles. The number of aliphatic imine (C=N–C) groups is 1. The number of aryl methyl sites for hydroxylation is 1. The molecule has 1 saturated carbocycles. The van der Waals surface area contributed by atoms with Gasteiger partial charge in [0.25, 0.3) is 0 Å². The minimum atomic E-state index is -4.77. The van der Waals surface area contributed by atoms with Crippen molar-refractivity contribution >= 4 is 22.4 Å². The van der Waals surface area contributed by atoms with Crippen molar-refractivity contribution < 1.29 is 27.8 Å². The molecule has 0 saturated heterocycles. The minimum Gasteiger partial charge on any atom is -0.511 e. The van der Waals surface area contributed by atoms with Crippen LogP contribution in [0.15, 0.2) is 64.9 Å². The number of rotatable bonds is 7. The SMILES string of the molecule is CCCC(O)=C1C(=O)C[C@H](c2ccccc2)CC1=NCCc1c(C)[nH]c2ccc(OC(F)(F)F)cc12. The number of nitrogens with one attached hydrogen (secondary N) is 1. The highest BCUT2D eigenvalue weighted by atomic mass is 19.4. The van der Waals surface area contributed by atoms with Gasteiger partial charge in [0.15, 0.2) is 5.78 Å². The monoisotopic (exact) mass is 498 g/mol. The maximum Gasteiger partial charge on any atom is 0.573 e. The molecule has 190 valence electrons. The predicted molar refractivity (Wildman–Crippen MR) is 134 cm³/mol.